The van der Waals surface area contributed by atoms with E-state index in [-0.39, 0.29) is 0 Å². The molecule has 1 unspecified atom stereocenters. The highest BCUT2D eigenvalue weighted by Crippen LogP contribution is 2.13. The molecule has 0 amide bonds. The van der Waals surface area contributed by atoms with Crippen LogP contribution in [0.3, 0.4) is 0 Å². The maximum Gasteiger partial charge on any atom is 0.315 e. The molecule has 0 spiro atoms. The Hall–Kier alpha value is -1.10. The lowest BCUT2D eigenvalue weighted by atomic mass is 10.0. The van der Waals surface area contributed by atoms with Crippen LogP contribution in [0.2, 0.25) is 0 Å². The molecule has 0 bridgehead atoms. The average molecular weight is 254 g/mol. The first kappa shape index (κ1) is 15.0. The Labute approximate surface area is 110 Å². The molecule has 1 aromatic heterocycles. The number of hydrogen-bond acceptors (Lipinski definition) is 5. The minimum absolute atomic E-state index is 0.377. The maximum atomic E-state index is 5.55. The lowest BCUT2D eigenvalue weighted by Crippen LogP contribution is -2.24. The number of nitrogens with one attached hydrogen (secondary N) is 2. The van der Waals surface area contributed by atoms with Crippen LogP contribution < -0.4 is 10.6 Å². The first-order valence-electron chi connectivity index (χ1n) is 6.82. The first-order valence-corrected chi connectivity index (χ1v) is 6.82. The standard InChI is InChI=1S/C13H26N4O/c1-6-11(10(4)5)15-13-17-16-12(18-13)8-14-7-9(2)3/h9-11,14H,6-8H2,1-5H3,(H,15,17). The Morgan fingerprint density at radius 3 is 2.44 bits per heavy atom. The van der Waals surface area contributed by atoms with Crippen LogP contribution in [0, 0.1) is 11.8 Å². The van der Waals surface area contributed by atoms with Crippen molar-refractivity contribution in [3.05, 3.63) is 5.89 Å². The van der Waals surface area contributed by atoms with E-state index in [1.54, 1.807) is 0 Å². The Balaban J connectivity index is 2.42. The van der Waals surface area contributed by atoms with Crippen LogP contribution in [0.1, 0.15) is 46.9 Å². The van der Waals surface area contributed by atoms with E-state index in [4.69, 9.17) is 4.42 Å². The van der Waals surface area contributed by atoms with Gasteiger partial charge >= 0.3 is 6.01 Å². The molecule has 0 fully saturated rings. The largest absolute Gasteiger partial charge is 0.407 e. The Morgan fingerprint density at radius 1 is 1.17 bits per heavy atom. The predicted molar refractivity (Wildman–Crippen MR) is 73.4 cm³/mol. The van der Waals surface area contributed by atoms with Gasteiger partial charge in [0.25, 0.3) is 0 Å². The normalized spacial score (nSPS) is 13.3. The zero-order chi connectivity index (χ0) is 13.5. The van der Waals surface area contributed by atoms with Crippen molar-refractivity contribution in [2.75, 3.05) is 11.9 Å². The number of rotatable bonds is 8. The third kappa shape index (κ3) is 5.04. The summed E-state index contributed by atoms with van der Waals surface area (Å²) in [5.41, 5.74) is 0. The third-order valence-corrected chi connectivity index (χ3v) is 2.85. The van der Waals surface area contributed by atoms with Gasteiger partial charge in [0.05, 0.1) is 6.54 Å². The SMILES string of the molecule is CCC(Nc1nnc(CNCC(C)C)o1)C(C)C. The second-order valence-corrected chi connectivity index (χ2v) is 5.43. The molecular weight excluding hydrogens is 228 g/mol. The van der Waals surface area contributed by atoms with E-state index >= 15 is 0 Å². The molecule has 104 valence electrons. The van der Waals surface area contributed by atoms with Crippen LogP contribution in [-0.4, -0.2) is 22.8 Å². The summed E-state index contributed by atoms with van der Waals surface area (Å²) in [4.78, 5) is 0. The van der Waals surface area contributed by atoms with Crippen molar-refractivity contribution in [2.24, 2.45) is 11.8 Å². The number of aromatic nitrogens is 2. The van der Waals surface area contributed by atoms with Crippen LogP contribution in [0.5, 0.6) is 0 Å². The molecule has 0 saturated carbocycles. The summed E-state index contributed by atoms with van der Waals surface area (Å²) in [6.45, 7) is 12.4. The van der Waals surface area contributed by atoms with Gasteiger partial charge in [0.1, 0.15) is 0 Å². The lowest BCUT2D eigenvalue weighted by molar-refractivity contribution is 0.442. The molecule has 0 aliphatic carbocycles. The van der Waals surface area contributed by atoms with Crippen molar-refractivity contribution in [2.45, 2.75) is 53.6 Å². The summed E-state index contributed by atoms with van der Waals surface area (Å²) >= 11 is 0. The van der Waals surface area contributed by atoms with Crippen LogP contribution in [0.15, 0.2) is 4.42 Å². The molecule has 2 N–H and O–H groups in total. The molecular formula is C13H26N4O. The molecule has 1 heterocycles. The van der Waals surface area contributed by atoms with Crippen LogP contribution >= 0.6 is 0 Å². The van der Waals surface area contributed by atoms with Gasteiger partial charge in [-0.2, -0.15) is 0 Å². The second-order valence-electron chi connectivity index (χ2n) is 5.43. The highest BCUT2D eigenvalue weighted by atomic mass is 16.4. The zero-order valence-electron chi connectivity index (χ0n) is 12.2. The van der Waals surface area contributed by atoms with Crippen molar-refractivity contribution in [3.8, 4) is 0 Å². The van der Waals surface area contributed by atoms with Gasteiger partial charge < -0.3 is 15.1 Å². The first-order chi connectivity index (χ1) is 8.52. The number of hydrogen-bond donors (Lipinski definition) is 2. The van der Waals surface area contributed by atoms with Gasteiger partial charge in [-0.1, -0.05) is 39.7 Å². The van der Waals surface area contributed by atoms with Crippen molar-refractivity contribution in [3.63, 3.8) is 0 Å². The van der Waals surface area contributed by atoms with Gasteiger partial charge in [-0.3, -0.25) is 0 Å². The van der Waals surface area contributed by atoms with Crippen molar-refractivity contribution in [1.82, 2.24) is 15.5 Å². The molecule has 0 aromatic carbocycles. The van der Waals surface area contributed by atoms with E-state index in [0.29, 0.717) is 36.3 Å². The Bertz CT molecular complexity index is 335. The van der Waals surface area contributed by atoms with E-state index in [2.05, 4.69) is 55.4 Å². The van der Waals surface area contributed by atoms with Gasteiger partial charge in [0.15, 0.2) is 0 Å². The van der Waals surface area contributed by atoms with E-state index in [1.165, 1.54) is 0 Å². The minimum Gasteiger partial charge on any atom is -0.407 e. The van der Waals surface area contributed by atoms with Crippen molar-refractivity contribution < 1.29 is 4.42 Å². The number of anilines is 1. The average Bonchev–Trinajstić information content (AvgIpc) is 2.72. The van der Waals surface area contributed by atoms with Crippen molar-refractivity contribution in [1.29, 1.82) is 0 Å². The molecule has 1 atom stereocenters. The van der Waals surface area contributed by atoms with Crippen LogP contribution in [-0.2, 0) is 6.54 Å². The van der Waals surface area contributed by atoms with E-state index in [9.17, 15) is 0 Å². The molecule has 5 nitrogen and oxygen atoms in total. The fourth-order valence-electron chi connectivity index (χ4n) is 1.75. The Morgan fingerprint density at radius 2 is 1.89 bits per heavy atom. The lowest BCUT2D eigenvalue weighted by Gasteiger charge is -2.18. The monoisotopic (exact) mass is 254 g/mol. The van der Waals surface area contributed by atoms with Gasteiger partial charge in [-0.25, -0.2) is 0 Å². The quantitative estimate of drug-likeness (QED) is 0.746. The minimum atomic E-state index is 0.377. The summed E-state index contributed by atoms with van der Waals surface area (Å²) in [5, 5.41) is 14.6. The van der Waals surface area contributed by atoms with Gasteiger partial charge in [0, 0.05) is 6.04 Å². The van der Waals surface area contributed by atoms with Crippen molar-refractivity contribution >= 4 is 6.01 Å². The number of nitrogens with zero attached hydrogens (tertiary/aromatic N) is 2. The van der Waals surface area contributed by atoms with Crippen LogP contribution in [0.4, 0.5) is 6.01 Å². The van der Waals surface area contributed by atoms with Crippen LogP contribution in [0.25, 0.3) is 0 Å². The smallest absolute Gasteiger partial charge is 0.315 e. The van der Waals surface area contributed by atoms with E-state index in [0.717, 1.165) is 13.0 Å². The van der Waals surface area contributed by atoms with Gasteiger partial charge in [0.2, 0.25) is 5.89 Å². The fourth-order valence-corrected chi connectivity index (χ4v) is 1.75. The summed E-state index contributed by atoms with van der Waals surface area (Å²) in [6.07, 6.45) is 1.04. The second kappa shape index (κ2) is 7.36. The molecule has 0 radical (unpaired) electrons. The molecule has 0 aliphatic rings. The highest BCUT2D eigenvalue weighted by molar-refractivity contribution is 5.19. The molecule has 0 saturated heterocycles. The third-order valence-electron chi connectivity index (χ3n) is 2.85. The molecule has 1 rings (SSSR count). The fraction of sp³-hybridized carbons (Fsp3) is 0.846. The van der Waals surface area contributed by atoms with Gasteiger partial charge in [-0.15, -0.1) is 5.10 Å². The summed E-state index contributed by atoms with van der Waals surface area (Å²) < 4.78 is 5.55. The maximum absolute atomic E-state index is 5.55. The molecule has 18 heavy (non-hydrogen) atoms. The highest BCUT2D eigenvalue weighted by Gasteiger charge is 2.14. The molecule has 5 heteroatoms. The summed E-state index contributed by atoms with van der Waals surface area (Å²) in [5.74, 6) is 1.80. The molecule has 1 aromatic rings. The topological polar surface area (TPSA) is 63.0 Å². The van der Waals surface area contributed by atoms with Gasteiger partial charge in [-0.05, 0) is 24.8 Å². The van der Waals surface area contributed by atoms with E-state index < -0.39 is 0 Å². The summed E-state index contributed by atoms with van der Waals surface area (Å²) in [6, 6.07) is 0.902. The molecule has 0 aliphatic heterocycles. The summed E-state index contributed by atoms with van der Waals surface area (Å²) in [7, 11) is 0. The van der Waals surface area contributed by atoms with E-state index in [1.807, 2.05) is 0 Å². The zero-order valence-corrected chi connectivity index (χ0v) is 12.2. The Kier molecular flexibility index (Phi) is 6.12. The predicted octanol–water partition coefficient (Wildman–Crippen LogP) is 2.66.